The van der Waals surface area contributed by atoms with Crippen LogP contribution in [0.2, 0.25) is 0 Å². The van der Waals surface area contributed by atoms with Crippen LogP contribution in [0.15, 0.2) is 0 Å². The highest BCUT2D eigenvalue weighted by molar-refractivity contribution is 7.47. The molecular formula is C81H158O17P2. The Hall–Kier alpha value is -1.94. The molecule has 3 unspecified atom stereocenters. The number of rotatable bonds is 80. The largest absolute Gasteiger partial charge is 0.472 e. The number of carbonyl (C=O) groups excluding carboxylic acids is 4. The van der Waals surface area contributed by atoms with Crippen molar-refractivity contribution in [3.63, 3.8) is 0 Å². The molecule has 17 nitrogen and oxygen atoms in total. The van der Waals surface area contributed by atoms with Crippen LogP contribution in [0.5, 0.6) is 0 Å². The van der Waals surface area contributed by atoms with Gasteiger partial charge in [-0.2, -0.15) is 0 Å². The summed E-state index contributed by atoms with van der Waals surface area (Å²) in [6.45, 7) is 9.68. The fourth-order valence-electron chi connectivity index (χ4n) is 12.5. The van der Waals surface area contributed by atoms with Crippen LogP contribution in [0.1, 0.15) is 427 Å². The smallest absolute Gasteiger partial charge is 0.462 e. The van der Waals surface area contributed by atoms with E-state index in [1.54, 1.807) is 0 Å². The molecule has 0 heterocycles. The second-order valence-corrected chi connectivity index (χ2v) is 32.8. The summed E-state index contributed by atoms with van der Waals surface area (Å²) in [5.41, 5.74) is 0. The lowest BCUT2D eigenvalue weighted by Gasteiger charge is -2.21. The molecule has 0 saturated heterocycles. The molecular weight excluding hydrogens is 1310 g/mol. The zero-order chi connectivity index (χ0) is 73.5. The molecule has 6 atom stereocenters. The van der Waals surface area contributed by atoms with Gasteiger partial charge in [0.2, 0.25) is 0 Å². The van der Waals surface area contributed by atoms with Crippen LogP contribution in [0.4, 0.5) is 0 Å². The maximum Gasteiger partial charge on any atom is 0.472 e. The average Bonchev–Trinajstić information content (AvgIpc) is 0.936. The van der Waals surface area contributed by atoms with E-state index in [0.717, 1.165) is 102 Å². The van der Waals surface area contributed by atoms with Crippen molar-refractivity contribution in [2.24, 2.45) is 11.8 Å². The van der Waals surface area contributed by atoms with E-state index in [1.807, 2.05) is 0 Å². The van der Waals surface area contributed by atoms with Gasteiger partial charge in [0, 0.05) is 25.7 Å². The highest BCUT2D eigenvalue weighted by Crippen LogP contribution is 2.45. The van der Waals surface area contributed by atoms with Gasteiger partial charge in [0.15, 0.2) is 12.2 Å². The lowest BCUT2D eigenvalue weighted by molar-refractivity contribution is -0.161. The molecule has 0 bridgehead atoms. The fourth-order valence-corrected chi connectivity index (χ4v) is 14.1. The van der Waals surface area contributed by atoms with Gasteiger partial charge in [-0.15, -0.1) is 0 Å². The standard InChI is InChI=1S/C81H158O17P2/c1-7-10-12-14-16-18-20-22-26-31-34-38-45-51-57-63-78(83)91-69-76(97-81(86)66-60-54-48-40-36-32-28-25-24-27-29-33-37-43-49-55-61-73(4)5)71-95-99(87,88)93-67-75(82)68-94-100(89,90)96-72-77(70-92-79(84)64-58-52-46-42-41-44-50-56-62-74(6)9-3)98-80(85)65-59-53-47-39-35-30-23-21-19-17-15-13-11-8-2/h73-77,82H,7-72H2,1-6H3,(H,87,88)(H,89,90)/t74?,75-,76-,77-/m1/s1. The van der Waals surface area contributed by atoms with Gasteiger partial charge < -0.3 is 33.8 Å². The maximum absolute atomic E-state index is 13.1. The minimum Gasteiger partial charge on any atom is -0.462 e. The summed E-state index contributed by atoms with van der Waals surface area (Å²) in [6.07, 6.45) is 62.2. The van der Waals surface area contributed by atoms with E-state index in [9.17, 15) is 43.2 Å². The Morgan fingerprint density at radius 1 is 0.290 bits per heavy atom. The summed E-state index contributed by atoms with van der Waals surface area (Å²) in [7, 11) is -9.92. The molecule has 0 spiro atoms. The first-order valence-electron chi connectivity index (χ1n) is 42.0. The second kappa shape index (κ2) is 72.6. The Bertz CT molecular complexity index is 1930. The van der Waals surface area contributed by atoms with E-state index in [2.05, 4.69) is 41.5 Å². The SMILES string of the molecule is CCCCCCCCCCCCCCCCCC(=O)OC[C@H](COP(=O)(O)OC[C@@H](O)COP(=O)(O)OC[C@@H](COC(=O)CCCCCCCCCCC(C)CC)OC(=O)CCCCCCCCCCCCCCCC)OC(=O)CCCCCCCCCCCCCCCCCCC(C)C. The molecule has 0 rings (SSSR count). The zero-order valence-electron chi connectivity index (χ0n) is 65.5. The lowest BCUT2D eigenvalue weighted by atomic mass is 9.99. The third-order valence-corrected chi connectivity index (χ3v) is 21.2. The van der Waals surface area contributed by atoms with Crippen LogP contribution in [-0.2, 0) is 65.4 Å². The van der Waals surface area contributed by atoms with Crippen molar-refractivity contribution in [1.82, 2.24) is 0 Å². The number of hydrogen-bond acceptors (Lipinski definition) is 15. The van der Waals surface area contributed by atoms with E-state index in [-0.39, 0.29) is 25.7 Å². The van der Waals surface area contributed by atoms with Crippen molar-refractivity contribution in [2.75, 3.05) is 39.6 Å². The minimum absolute atomic E-state index is 0.108. The summed E-state index contributed by atoms with van der Waals surface area (Å²) < 4.78 is 68.8. The van der Waals surface area contributed by atoms with Crippen molar-refractivity contribution < 1.29 is 80.2 Å². The second-order valence-electron chi connectivity index (χ2n) is 29.9. The molecule has 100 heavy (non-hydrogen) atoms. The van der Waals surface area contributed by atoms with E-state index in [1.165, 1.54) is 244 Å². The molecule has 0 saturated carbocycles. The van der Waals surface area contributed by atoms with Gasteiger partial charge in [-0.25, -0.2) is 9.13 Å². The number of unbranched alkanes of at least 4 members (excludes halogenated alkanes) is 49. The van der Waals surface area contributed by atoms with E-state index >= 15 is 0 Å². The third-order valence-electron chi connectivity index (χ3n) is 19.3. The molecule has 0 aromatic heterocycles. The predicted molar refractivity (Wildman–Crippen MR) is 409 cm³/mol. The van der Waals surface area contributed by atoms with Crippen LogP contribution >= 0.6 is 15.6 Å². The summed E-state index contributed by atoms with van der Waals surface area (Å²) in [5.74, 6) is -0.519. The Balaban J connectivity index is 5.26. The Kier molecular flexibility index (Phi) is 71.2. The van der Waals surface area contributed by atoms with Gasteiger partial charge in [-0.3, -0.25) is 37.3 Å². The van der Waals surface area contributed by atoms with Gasteiger partial charge in [-0.05, 0) is 37.5 Å². The number of carbonyl (C=O) groups is 4. The number of esters is 4. The molecule has 0 aromatic rings. The third kappa shape index (κ3) is 73.0. The molecule has 594 valence electrons. The maximum atomic E-state index is 13.1. The summed E-state index contributed by atoms with van der Waals surface area (Å²) in [4.78, 5) is 73.1. The number of phosphoric ester groups is 2. The van der Waals surface area contributed by atoms with Gasteiger partial charge >= 0.3 is 39.5 Å². The topological polar surface area (TPSA) is 237 Å². The van der Waals surface area contributed by atoms with Gasteiger partial charge in [0.05, 0.1) is 26.4 Å². The predicted octanol–water partition coefficient (Wildman–Crippen LogP) is 24.3. The van der Waals surface area contributed by atoms with E-state index < -0.39 is 97.5 Å². The van der Waals surface area contributed by atoms with Crippen LogP contribution < -0.4 is 0 Å². The Labute approximate surface area is 613 Å². The van der Waals surface area contributed by atoms with E-state index in [0.29, 0.717) is 25.7 Å². The quantitative estimate of drug-likeness (QED) is 0.0222. The number of aliphatic hydroxyl groups excluding tert-OH is 1. The molecule has 0 amide bonds. The van der Waals surface area contributed by atoms with Crippen LogP contribution in [-0.4, -0.2) is 96.7 Å². The van der Waals surface area contributed by atoms with Crippen molar-refractivity contribution >= 4 is 39.5 Å². The highest BCUT2D eigenvalue weighted by Gasteiger charge is 2.30. The molecule has 0 aliphatic carbocycles. The van der Waals surface area contributed by atoms with Gasteiger partial charge in [-0.1, -0.05) is 375 Å². The number of aliphatic hydroxyl groups is 1. The Morgan fingerprint density at radius 3 is 0.760 bits per heavy atom. The molecule has 0 radical (unpaired) electrons. The molecule has 0 aliphatic rings. The molecule has 0 fully saturated rings. The summed E-state index contributed by atoms with van der Waals surface area (Å²) >= 11 is 0. The monoisotopic (exact) mass is 1470 g/mol. The summed E-state index contributed by atoms with van der Waals surface area (Å²) in [6, 6.07) is 0. The van der Waals surface area contributed by atoms with Crippen LogP contribution in [0.25, 0.3) is 0 Å². The average molecular weight is 1470 g/mol. The fraction of sp³-hybridized carbons (Fsp3) is 0.951. The van der Waals surface area contributed by atoms with Crippen LogP contribution in [0.3, 0.4) is 0 Å². The minimum atomic E-state index is -4.96. The molecule has 19 heteroatoms. The first kappa shape index (κ1) is 98.1. The molecule has 3 N–H and O–H groups in total. The normalized spacial score (nSPS) is 14.2. The lowest BCUT2D eigenvalue weighted by Crippen LogP contribution is -2.30. The van der Waals surface area contributed by atoms with Gasteiger partial charge in [0.25, 0.3) is 0 Å². The van der Waals surface area contributed by atoms with Crippen molar-refractivity contribution in [1.29, 1.82) is 0 Å². The van der Waals surface area contributed by atoms with Crippen molar-refractivity contribution in [3.05, 3.63) is 0 Å². The number of phosphoric acid groups is 2. The van der Waals surface area contributed by atoms with Crippen molar-refractivity contribution in [2.45, 2.75) is 445 Å². The first-order chi connectivity index (χ1) is 48.4. The molecule has 0 aromatic carbocycles. The van der Waals surface area contributed by atoms with E-state index in [4.69, 9.17) is 37.0 Å². The highest BCUT2D eigenvalue weighted by atomic mass is 31.2. The van der Waals surface area contributed by atoms with Crippen molar-refractivity contribution in [3.8, 4) is 0 Å². The Morgan fingerprint density at radius 2 is 0.510 bits per heavy atom. The number of ether oxygens (including phenoxy) is 4. The first-order valence-corrected chi connectivity index (χ1v) is 45.0. The molecule has 0 aliphatic heterocycles. The summed E-state index contributed by atoms with van der Waals surface area (Å²) in [5, 5.41) is 10.6. The van der Waals surface area contributed by atoms with Crippen LogP contribution in [0, 0.1) is 11.8 Å². The zero-order valence-corrected chi connectivity index (χ0v) is 67.3. The van der Waals surface area contributed by atoms with Gasteiger partial charge in [0.1, 0.15) is 19.3 Å². The number of hydrogen-bond donors (Lipinski definition) is 3.